The van der Waals surface area contributed by atoms with Crippen molar-refractivity contribution in [2.45, 2.75) is 20.5 Å². The van der Waals surface area contributed by atoms with Gasteiger partial charge >= 0.3 is 0 Å². The molecule has 0 radical (unpaired) electrons. The molecule has 2 heterocycles. The van der Waals surface area contributed by atoms with E-state index in [9.17, 15) is 4.79 Å². The highest BCUT2D eigenvalue weighted by Crippen LogP contribution is 2.19. The average Bonchev–Trinajstić information content (AvgIpc) is 3.18. The first-order valence-electron chi connectivity index (χ1n) is 8.03. The van der Waals surface area contributed by atoms with Crippen LogP contribution in [0.5, 0.6) is 5.75 Å². The lowest BCUT2D eigenvalue weighted by molar-refractivity contribution is 0.103. The number of benzene rings is 1. The molecule has 0 aliphatic rings. The Kier molecular flexibility index (Phi) is 4.84. The van der Waals surface area contributed by atoms with Crippen molar-refractivity contribution in [3.8, 4) is 5.75 Å². The first-order valence-corrected chi connectivity index (χ1v) is 8.03. The van der Waals surface area contributed by atoms with Gasteiger partial charge in [0, 0.05) is 7.05 Å². The Morgan fingerprint density at radius 1 is 1.24 bits per heavy atom. The van der Waals surface area contributed by atoms with E-state index in [1.807, 2.05) is 50.2 Å². The van der Waals surface area contributed by atoms with Crippen LogP contribution < -0.4 is 4.74 Å². The van der Waals surface area contributed by atoms with E-state index in [4.69, 9.17) is 9.15 Å². The van der Waals surface area contributed by atoms with Crippen LogP contribution in [0.3, 0.4) is 0 Å². The van der Waals surface area contributed by atoms with Gasteiger partial charge in [-0.1, -0.05) is 18.2 Å². The van der Waals surface area contributed by atoms with Crippen molar-refractivity contribution in [1.29, 1.82) is 0 Å². The lowest BCUT2D eigenvalue weighted by Crippen LogP contribution is -2.03. The van der Waals surface area contributed by atoms with Gasteiger partial charge in [0.25, 0.3) is 0 Å². The molecule has 0 saturated heterocycles. The minimum Gasteiger partial charge on any atom is -0.485 e. The lowest BCUT2D eigenvalue weighted by Gasteiger charge is -2.06. The average molecular weight is 336 g/mol. The Labute approximate surface area is 146 Å². The molecule has 3 aromatic rings. The van der Waals surface area contributed by atoms with Crippen LogP contribution in [0, 0.1) is 13.8 Å². The Balaban J connectivity index is 1.62. The van der Waals surface area contributed by atoms with Crippen LogP contribution in [-0.4, -0.2) is 15.6 Å². The molecule has 0 spiro atoms. The van der Waals surface area contributed by atoms with Crippen LogP contribution >= 0.6 is 0 Å². The maximum atomic E-state index is 12.2. The van der Waals surface area contributed by atoms with Crippen molar-refractivity contribution in [3.05, 3.63) is 77.0 Å². The van der Waals surface area contributed by atoms with Crippen LogP contribution in [0.2, 0.25) is 0 Å². The first-order chi connectivity index (χ1) is 12.0. The van der Waals surface area contributed by atoms with Crippen LogP contribution in [-0.2, 0) is 13.7 Å². The molecular formula is C20H20N2O3. The third kappa shape index (κ3) is 4.07. The molecular weight excluding hydrogens is 316 g/mol. The predicted octanol–water partition coefficient (Wildman–Crippen LogP) is 4.11. The molecule has 2 aromatic heterocycles. The summed E-state index contributed by atoms with van der Waals surface area (Å²) in [4.78, 5) is 12.2. The van der Waals surface area contributed by atoms with Gasteiger partial charge in [-0.3, -0.25) is 9.48 Å². The Morgan fingerprint density at radius 3 is 2.76 bits per heavy atom. The number of carbonyl (C=O) groups is 1. The normalized spacial score (nSPS) is 11.2. The first kappa shape index (κ1) is 16.8. The van der Waals surface area contributed by atoms with Gasteiger partial charge in [0.2, 0.25) is 5.78 Å². The number of hydrogen-bond acceptors (Lipinski definition) is 4. The fourth-order valence-corrected chi connectivity index (χ4v) is 2.51. The maximum absolute atomic E-state index is 12.2. The third-order valence-corrected chi connectivity index (χ3v) is 3.80. The number of allylic oxidation sites excluding steroid dienone is 1. The van der Waals surface area contributed by atoms with E-state index < -0.39 is 0 Å². The van der Waals surface area contributed by atoms with Crippen LogP contribution in [0.4, 0.5) is 0 Å². The minimum atomic E-state index is -0.114. The number of nitrogens with zero attached hydrogens (tertiary/aromatic N) is 2. The summed E-state index contributed by atoms with van der Waals surface area (Å²) in [6.07, 6.45) is 3.14. The molecule has 128 valence electrons. The molecule has 1 aromatic carbocycles. The summed E-state index contributed by atoms with van der Waals surface area (Å²) in [5.74, 6) is 2.03. The number of furan rings is 1. The van der Waals surface area contributed by atoms with Crippen LogP contribution in [0.25, 0.3) is 6.08 Å². The monoisotopic (exact) mass is 336 g/mol. The van der Waals surface area contributed by atoms with E-state index in [1.165, 1.54) is 6.08 Å². The van der Waals surface area contributed by atoms with E-state index in [0.717, 1.165) is 17.0 Å². The second-order valence-corrected chi connectivity index (χ2v) is 5.85. The fraction of sp³-hybridized carbons (Fsp3) is 0.200. The van der Waals surface area contributed by atoms with Gasteiger partial charge in [0.15, 0.2) is 0 Å². The van der Waals surface area contributed by atoms with E-state index >= 15 is 0 Å². The number of carbonyl (C=O) groups excluding carboxylic acids is 1. The standard InChI is InChI=1S/C20H20N2O3/c1-14-6-4-5-7-20(14)24-13-17-9-8-16(25-17)10-11-19(23)18-12-15(2)21-22(18)3/h4-12H,13H2,1-3H3/b11-10+. The lowest BCUT2D eigenvalue weighted by atomic mass is 10.2. The summed E-state index contributed by atoms with van der Waals surface area (Å²) >= 11 is 0. The van der Waals surface area contributed by atoms with Crippen molar-refractivity contribution in [1.82, 2.24) is 9.78 Å². The molecule has 0 bridgehead atoms. The van der Waals surface area contributed by atoms with Gasteiger partial charge in [0.05, 0.1) is 5.69 Å². The van der Waals surface area contributed by atoms with Gasteiger partial charge in [-0.2, -0.15) is 5.10 Å². The Hall–Kier alpha value is -3.08. The zero-order valence-electron chi connectivity index (χ0n) is 14.5. The second-order valence-electron chi connectivity index (χ2n) is 5.85. The maximum Gasteiger partial charge on any atom is 0.203 e. The summed E-state index contributed by atoms with van der Waals surface area (Å²) in [6.45, 7) is 4.19. The van der Waals surface area contributed by atoms with Crippen molar-refractivity contribution in [2.75, 3.05) is 0 Å². The molecule has 5 nitrogen and oxygen atoms in total. The summed E-state index contributed by atoms with van der Waals surface area (Å²) in [6, 6.07) is 13.2. The third-order valence-electron chi connectivity index (χ3n) is 3.80. The molecule has 0 aliphatic carbocycles. The van der Waals surface area contributed by atoms with Crippen LogP contribution in [0.1, 0.15) is 33.3 Å². The van der Waals surface area contributed by atoms with Gasteiger partial charge in [-0.15, -0.1) is 0 Å². The van der Waals surface area contributed by atoms with Crippen molar-refractivity contribution < 1.29 is 13.9 Å². The number of para-hydroxylation sites is 1. The highest BCUT2D eigenvalue weighted by molar-refractivity contribution is 6.05. The van der Waals surface area contributed by atoms with Crippen LogP contribution in [0.15, 0.2) is 53.0 Å². The molecule has 0 aliphatic heterocycles. The zero-order valence-corrected chi connectivity index (χ0v) is 14.5. The Bertz CT molecular complexity index is 919. The highest BCUT2D eigenvalue weighted by atomic mass is 16.5. The molecule has 0 fully saturated rings. The smallest absolute Gasteiger partial charge is 0.203 e. The molecule has 0 saturated carbocycles. The summed E-state index contributed by atoms with van der Waals surface area (Å²) in [5.41, 5.74) is 2.43. The number of aryl methyl sites for hydroxylation is 3. The zero-order chi connectivity index (χ0) is 17.8. The molecule has 25 heavy (non-hydrogen) atoms. The van der Waals surface area contributed by atoms with Crippen molar-refractivity contribution in [2.24, 2.45) is 7.05 Å². The predicted molar refractivity (Wildman–Crippen MR) is 95.5 cm³/mol. The summed E-state index contributed by atoms with van der Waals surface area (Å²) < 4.78 is 13.0. The van der Waals surface area contributed by atoms with E-state index in [1.54, 1.807) is 23.9 Å². The molecule has 0 N–H and O–H groups in total. The van der Waals surface area contributed by atoms with E-state index in [2.05, 4.69) is 5.10 Å². The molecule has 3 rings (SSSR count). The van der Waals surface area contributed by atoms with Gasteiger partial charge in [-0.25, -0.2) is 0 Å². The quantitative estimate of drug-likeness (QED) is 0.502. The number of rotatable bonds is 6. The van der Waals surface area contributed by atoms with E-state index in [-0.39, 0.29) is 5.78 Å². The fourth-order valence-electron chi connectivity index (χ4n) is 2.51. The SMILES string of the molecule is Cc1cc(C(=O)/C=C/c2ccc(COc3ccccc3C)o2)n(C)n1. The molecule has 0 amide bonds. The van der Waals surface area contributed by atoms with Crippen molar-refractivity contribution in [3.63, 3.8) is 0 Å². The summed E-state index contributed by atoms with van der Waals surface area (Å²) in [7, 11) is 1.75. The topological polar surface area (TPSA) is 57.3 Å². The number of ketones is 1. The summed E-state index contributed by atoms with van der Waals surface area (Å²) in [5, 5.41) is 4.17. The molecule has 0 unspecified atom stereocenters. The second kappa shape index (κ2) is 7.21. The molecule has 0 atom stereocenters. The molecule has 5 heteroatoms. The van der Waals surface area contributed by atoms with Gasteiger partial charge in [-0.05, 0) is 55.8 Å². The number of aromatic nitrogens is 2. The number of ether oxygens (including phenoxy) is 1. The number of hydrogen-bond donors (Lipinski definition) is 0. The van der Waals surface area contributed by atoms with E-state index in [0.29, 0.717) is 23.8 Å². The minimum absolute atomic E-state index is 0.114. The van der Waals surface area contributed by atoms with Gasteiger partial charge in [0.1, 0.15) is 29.6 Å². The van der Waals surface area contributed by atoms with Crippen molar-refractivity contribution >= 4 is 11.9 Å². The largest absolute Gasteiger partial charge is 0.485 e. The Morgan fingerprint density at radius 2 is 2.04 bits per heavy atom. The highest BCUT2D eigenvalue weighted by Gasteiger charge is 2.09. The van der Waals surface area contributed by atoms with Gasteiger partial charge < -0.3 is 9.15 Å².